The van der Waals surface area contributed by atoms with E-state index >= 15 is 0 Å². The first-order valence-electron chi connectivity index (χ1n) is 9.66. The number of rotatable bonds is 4. The minimum atomic E-state index is 0.530. The van der Waals surface area contributed by atoms with Crippen LogP contribution in [0.3, 0.4) is 0 Å². The predicted octanol–water partition coefficient (Wildman–Crippen LogP) is 8.01. The lowest BCUT2D eigenvalue weighted by atomic mass is 9.95. The van der Waals surface area contributed by atoms with Crippen LogP contribution in [-0.2, 0) is 0 Å². The maximum absolute atomic E-state index is 8.47. The highest BCUT2D eigenvalue weighted by Gasteiger charge is 2.21. The Morgan fingerprint density at radius 3 is 2.43 bits per heavy atom. The van der Waals surface area contributed by atoms with Gasteiger partial charge in [-0.25, -0.2) is 0 Å². The van der Waals surface area contributed by atoms with Crippen LogP contribution in [0.4, 0.5) is 0 Å². The summed E-state index contributed by atoms with van der Waals surface area (Å²) in [5.41, 5.74) is 1.61. The SMILES string of the molecule is C=C(Br)S/C(=C\C)CC.CC(C)C1CCN(C)C1.Cc1ccc(C#N)c(Cl)c1. The zero-order valence-corrected chi connectivity index (χ0v) is 21.2. The number of aryl methyl sites for hydroxylation is 1. The molecule has 0 aliphatic carbocycles. The van der Waals surface area contributed by atoms with Crippen LogP contribution in [0.1, 0.15) is 51.7 Å². The summed E-state index contributed by atoms with van der Waals surface area (Å²) in [6.07, 6.45) is 4.61. The fourth-order valence-corrected chi connectivity index (χ4v) is 4.15. The molecule has 2 nitrogen and oxygen atoms in total. The molecule has 1 aliphatic heterocycles. The third kappa shape index (κ3) is 12.0. The van der Waals surface area contributed by atoms with Crippen molar-refractivity contribution in [2.24, 2.45) is 11.8 Å². The van der Waals surface area contributed by atoms with Crippen molar-refractivity contribution in [1.82, 2.24) is 4.90 Å². The van der Waals surface area contributed by atoms with Gasteiger partial charge in [0.15, 0.2) is 0 Å². The van der Waals surface area contributed by atoms with Crippen molar-refractivity contribution in [3.05, 3.63) is 55.7 Å². The largest absolute Gasteiger partial charge is 0.306 e. The maximum Gasteiger partial charge on any atom is 0.101 e. The molecule has 0 spiro atoms. The van der Waals surface area contributed by atoms with Gasteiger partial charge >= 0.3 is 0 Å². The molecule has 156 valence electrons. The first kappa shape index (κ1) is 27.3. The lowest BCUT2D eigenvalue weighted by Crippen LogP contribution is -2.16. The average Bonchev–Trinajstić information content (AvgIpc) is 3.07. The summed E-state index contributed by atoms with van der Waals surface area (Å²) in [4.78, 5) is 3.78. The van der Waals surface area contributed by atoms with Gasteiger partial charge in [-0.1, -0.05) is 62.9 Å². The van der Waals surface area contributed by atoms with Gasteiger partial charge in [0.1, 0.15) is 6.07 Å². The molecule has 0 aromatic heterocycles. The summed E-state index contributed by atoms with van der Waals surface area (Å²) in [7, 11) is 2.21. The Morgan fingerprint density at radius 2 is 2.14 bits per heavy atom. The Hall–Kier alpha value is -0.730. The van der Waals surface area contributed by atoms with E-state index in [-0.39, 0.29) is 0 Å². The number of hydrogen-bond acceptors (Lipinski definition) is 3. The summed E-state index contributed by atoms with van der Waals surface area (Å²) >= 11 is 10.7. The summed E-state index contributed by atoms with van der Waals surface area (Å²) in [5, 5.41) is 9.00. The molecule has 1 saturated heterocycles. The standard InChI is InChI=1S/C8H6ClN.C8H17N.C7H11BrS/c1-6-2-3-7(5-10)8(9)4-6;1-7(2)8-4-5-9(3)6-8;1-4-7(5-2)9-6(3)8/h2-4H,1H3;7-8H,4-6H2,1-3H3;4H,3,5H2,1-2H3/b;;7-4-. The molecule has 1 aromatic rings. The Labute approximate surface area is 190 Å². The fraction of sp³-hybridized carbons (Fsp3) is 0.522. The van der Waals surface area contributed by atoms with Crippen LogP contribution in [0, 0.1) is 30.1 Å². The Morgan fingerprint density at radius 1 is 1.50 bits per heavy atom. The van der Waals surface area contributed by atoms with Crippen molar-refractivity contribution in [1.29, 1.82) is 5.26 Å². The van der Waals surface area contributed by atoms with Gasteiger partial charge in [0.2, 0.25) is 0 Å². The lowest BCUT2D eigenvalue weighted by molar-refractivity contribution is 0.352. The summed E-state index contributed by atoms with van der Waals surface area (Å²) < 4.78 is 0.984. The van der Waals surface area contributed by atoms with Gasteiger partial charge in [-0.3, -0.25) is 0 Å². The summed E-state index contributed by atoms with van der Waals surface area (Å²) in [5.74, 6) is 1.85. The molecule has 1 atom stereocenters. The van der Waals surface area contributed by atoms with Crippen molar-refractivity contribution >= 4 is 39.3 Å². The number of thioether (sulfide) groups is 1. The summed E-state index contributed by atoms with van der Waals surface area (Å²) in [6.45, 7) is 17.1. The quantitative estimate of drug-likeness (QED) is 0.432. The topological polar surface area (TPSA) is 27.0 Å². The highest BCUT2D eigenvalue weighted by atomic mass is 79.9. The van der Waals surface area contributed by atoms with E-state index < -0.39 is 0 Å². The number of hydrogen-bond donors (Lipinski definition) is 0. The second-order valence-electron chi connectivity index (χ2n) is 7.22. The molecule has 5 heteroatoms. The first-order chi connectivity index (χ1) is 13.1. The van der Waals surface area contributed by atoms with E-state index in [4.69, 9.17) is 16.9 Å². The van der Waals surface area contributed by atoms with Gasteiger partial charge in [-0.15, -0.1) is 0 Å². The highest BCUT2D eigenvalue weighted by molar-refractivity contribution is 9.14. The number of allylic oxidation sites excluding steroid dienone is 2. The third-order valence-corrected chi connectivity index (χ3v) is 6.33. The van der Waals surface area contributed by atoms with E-state index in [2.05, 4.69) is 61.3 Å². The van der Waals surface area contributed by atoms with E-state index in [0.717, 1.165) is 27.6 Å². The molecule has 1 unspecified atom stereocenters. The van der Waals surface area contributed by atoms with Crippen molar-refractivity contribution in [3.63, 3.8) is 0 Å². The molecular formula is C23H34BrClN2S. The van der Waals surface area contributed by atoms with Crippen molar-refractivity contribution in [3.8, 4) is 6.07 Å². The van der Waals surface area contributed by atoms with Crippen LogP contribution in [0.2, 0.25) is 5.02 Å². The Bertz CT molecular complexity index is 680. The smallest absolute Gasteiger partial charge is 0.101 e. The number of nitriles is 1. The van der Waals surface area contributed by atoms with Gasteiger partial charge in [0.05, 0.1) is 10.6 Å². The van der Waals surface area contributed by atoms with E-state index in [0.29, 0.717) is 10.6 Å². The molecule has 28 heavy (non-hydrogen) atoms. The molecule has 0 amide bonds. The molecule has 2 rings (SSSR count). The molecule has 1 aromatic carbocycles. The van der Waals surface area contributed by atoms with Gasteiger partial charge < -0.3 is 4.90 Å². The van der Waals surface area contributed by atoms with Gasteiger partial charge in [-0.2, -0.15) is 5.26 Å². The molecule has 1 heterocycles. The number of halogens is 2. The molecule has 0 saturated carbocycles. The monoisotopic (exact) mass is 484 g/mol. The van der Waals surface area contributed by atoms with E-state index in [9.17, 15) is 0 Å². The molecule has 1 aliphatic rings. The molecular weight excluding hydrogens is 452 g/mol. The van der Waals surface area contributed by atoms with E-state index in [1.807, 2.05) is 26.0 Å². The Kier molecular flexibility index (Phi) is 14.8. The molecule has 1 fully saturated rings. The van der Waals surface area contributed by atoms with Crippen molar-refractivity contribution < 1.29 is 0 Å². The normalized spacial score (nSPS) is 16.6. The fourth-order valence-electron chi connectivity index (χ4n) is 2.70. The summed E-state index contributed by atoms with van der Waals surface area (Å²) in [6, 6.07) is 7.35. The van der Waals surface area contributed by atoms with Gasteiger partial charge in [0.25, 0.3) is 0 Å². The van der Waals surface area contributed by atoms with Gasteiger partial charge in [0, 0.05) is 10.4 Å². The second-order valence-corrected chi connectivity index (χ2v) is 10.3. The minimum absolute atomic E-state index is 0.530. The average molecular weight is 486 g/mol. The molecule has 0 bridgehead atoms. The van der Waals surface area contributed by atoms with Crippen LogP contribution in [-0.4, -0.2) is 25.0 Å². The van der Waals surface area contributed by atoms with E-state index in [1.54, 1.807) is 23.9 Å². The first-order valence-corrected chi connectivity index (χ1v) is 11.6. The van der Waals surface area contributed by atoms with Crippen LogP contribution >= 0.6 is 39.3 Å². The minimum Gasteiger partial charge on any atom is -0.306 e. The van der Waals surface area contributed by atoms with Crippen molar-refractivity contribution in [2.75, 3.05) is 20.1 Å². The number of benzene rings is 1. The highest BCUT2D eigenvalue weighted by Crippen LogP contribution is 2.29. The zero-order chi connectivity index (χ0) is 21.7. The van der Waals surface area contributed by atoms with Crippen LogP contribution in [0.25, 0.3) is 0 Å². The lowest BCUT2D eigenvalue weighted by Gasteiger charge is -2.13. The predicted molar refractivity (Wildman–Crippen MR) is 131 cm³/mol. The number of nitrogens with zero attached hydrogens (tertiary/aromatic N) is 2. The van der Waals surface area contributed by atoms with Gasteiger partial charge in [-0.05, 0) is 90.6 Å². The van der Waals surface area contributed by atoms with Crippen LogP contribution in [0.5, 0.6) is 0 Å². The molecule has 0 radical (unpaired) electrons. The Balaban J connectivity index is 0.000000392. The van der Waals surface area contributed by atoms with E-state index in [1.165, 1.54) is 24.4 Å². The number of likely N-dealkylation sites (tertiary alicyclic amines) is 1. The van der Waals surface area contributed by atoms with Crippen LogP contribution in [0.15, 0.2) is 39.6 Å². The molecule has 0 N–H and O–H groups in total. The second kappa shape index (κ2) is 15.2. The third-order valence-electron chi connectivity index (χ3n) is 4.53. The van der Waals surface area contributed by atoms with Crippen LogP contribution < -0.4 is 0 Å². The maximum atomic E-state index is 8.47. The zero-order valence-electron chi connectivity index (χ0n) is 18.1. The van der Waals surface area contributed by atoms with Crippen molar-refractivity contribution in [2.45, 2.75) is 47.5 Å².